The number of H-pyrrole nitrogens is 1. The van der Waals surface area contributed by atoms with E-state index in [-0.39, 0.29) is 10.9 Å². The summed E-state index contributed by atoms with van der Waals surface area (Å²) in [6.07, 6.45) is 0.345. The van der Waals surface area contributed by atoms with E-state index in [1.165, 1.54) is 10.9 Å². The molecular formula is C22H22ClF3N4O. The Bertz CT molecular complexity index is 1070. The molecular weight excluding hydrogens is 429 g/mol. The Morgan fingerprint density at radius 1 is 1.16 bits per heavy atom. The first-order valence-corrected chi connectivity index (χ1v) is 10.5. The topological polar surface area (TPSA) is 52.2 Å². The SMILES string of the molecule is O=C(CCCc1c[nH]c2ccccc12)N1CCN(c2ncc(C(F)(F)F)cc2Cl)CC1. The van der Waals surface area contributed by atoms with Gasteiger partial charge in [0.2, 0.25) is 5.91 Å². The number of halogens is 4. The summed E-state index contributed by atoms with van der Waals surface area (Å²) in [5, 5.41) is 1.15. The number of amides is 1. The smallest absolute Gasteiger partial charge is 0.361 e. The van der Waals surface area contributed by atoms with Gasteiger partial charge in [-0.05, 0) is 30.5 Å². The van der Waals surface area contributed by atoms with Crippen molar-refractivity contribution in [2.45, 2.75) is 25.4 Å². The van der Waals surface area contributed by atoms with Gasteiger partial charge in [0, 0.05) is 55.9 Å². The maximum atomic E-state index is 12.8. The van der Waals surface area contributed by atoms with Gasteiger partial charge in [-0.3, -0.25) is 4.79 Å². The van der Waals surface area contributed by atoms with E-state index < -0.39 is 11.7 Å². The predicted octanol–water partition coefficient (Wildman–Crippen LogP) is 4.91. The van der Waals surface area contributed by atoms with Gasteiger partial charge in [-0.15, -0.1) is 0 Å². The van der Waals surface area contributed by atoms with Crippen LogP contribution in [0.2, 0.25) is 5.02 Å². The van der Waals surface area contributed by atoms with E-state index in [1.807, 2.05) is 29.3 Å². The van der Waals surface area contributed by atoms with Gasteiger partial charge < -0.3 is 14.8 Å². The molecule has 0 bridgehead atoms. The quantitative estimate of drug-likeness (QED) is 0.601. The predicted molar refractivity (Wildman–Crippen MR) is 114 cm³/mol. The summed E-state index contributed by atoms with van der Waals surface area (Å²) in [4.78, 5) is 23.4. The maximum absolute atomic E-state index is 12.8. The molecule has 1 saturated heterocycles. The number of rotatable bonds is 5. The molecule has 3 heterocycles. The molecule has 31 heavy (non-hydrogen) atoms. The second-order valence-electron chi connectivity index (χ2n) is 7.61. The van der Waals surface area contributed by atoms with Crippen molar-refractivity contribution < 1.29 is 18.0 Å². The third-order valence-electron chi connectivity index (χ3n) is 5.59. The zero-order valence-corrected chi connectivity index (χ0v) is 17.5. The first-order chi connectivity index (χ1) is 14.8. The van der Waals surface area contributed by atoms with Crippen LogP contribution in [-0.4, -0.2) is 47.0 Å². The lowest BCUT2D eigenvalue weighted by molar-refractivity contribution is -0.137. The minimum absolute atomic E-state index is 0.0340. The number of hydrogen-bond donors (Lipinski definition) is 1. The van der Waals surface area contributed by atoms with Gasteiger partial charge in [0.1, 0.15) is 5.82 Å². The standard InChI is InChI=1S/C22H22ClF3N4O/c23-18-12-16(22(24,25)26)14-28-21(18)30-10-8-29(9-11-30)20(31)7-3-4-15-13-27-19-6-2-1-5-17(15)19/h1-2,5-6,12-14,27H,3-4,7-11H2. The van der Waals surface area contributed by atoms with Crippen LogP contribution < -0.4 is 4.90 Å². The Morgan fingerprint density at radius 2 is 1.90 bits per heavy atom. The molecule has 1 fully saturated rings. The van der Waals surface area contributed by atoms with Crippen LogP contribution in [0.1, 0.15) is 24.0 Å². The molecule has 1 N–H and O–H groups in total. The van der Waals surface area contributed by atoms with Crippen LogP contribution >= 0.6 is 11.6 Å². The van der Waals surface area contributed by atoms with E-state index in [0.717, 1.165) is 30.6 Å². The molecule has 4 rings (SSSR count). The van der Waals surface area contributed by atoms with Crippen LogP contribution in [0.25, 0.3) is 10.9 Å². The van der Waals surface area contributed by atoms with Gasteiger partial charge in [0.05, 0.1) is 10.6 Å². The molecule has 3 aromatic rings. The highest BCUT2D eigenvalue weighted by molar-refractivity contribution is 6.33. The van der Waals surface area contributed by atoms with Gasteiger partial charge in [-0.2, -0.15) is 13.2 Å². The second-order valence-corrected chi connectivity index (χ2v) is 8.02. The van der Waals surface area contributed by atoms with Crippen molar-refractivity contribution in [1.29, 1.82) is 0 Å². The number of carbonyl (C=O) groups excluding carboxylic acids is 1. The van der Waals surface area contributed by atoms with Crippen LogP contribution in [0.5, 0.6) is 0 Å². The van der Waals surface area contributed by atoms with Crippen molar-refractivity contribution in [2.24, 2.45) is 0 Å². The van der Waals surface area contributed by atoms with Crippen LogP contribution in [0.15, 0.2) is 42.7 Å². The monoisotopic (exact) mass is 450 g/mol. The van der Waals surface area contributed by atoms with E-state index in [2.05, 4.69) is 16.0 Å². The van der Waals surface area contributed by atoms with E-state index in [1.54, 1.807) is 4.90 Å². The molecule has 0 saturated carbocycles. The summed E-state index contributed by atoms with van der Waals surface area (Å²) < 4.78 is 38.4. The van der Waals surface area contributed by atoms with Crippen LogP contribution in [0.4, 0.5) is 19.0 Å². The molecule has 0 spiro atoms. The van der Waals surface area contributed by atoms with Crippen molar-refractivity contribution in [1.82, 2.24) is 14.9 Å². The van der Waals surface area contributed by atoms with Crippen molar-refractivity contribution in [2.75, 3.05) is 31.1 Å². The number of nitrogens with one attached hydrogen (secondary N) is 1. The summed E-state index contributed by atoms with van der Waals surface area (Å²) in [6, 6.07) is 8.98. The largest absolute Gasteiger partial charge is 0.417 e. The molecule has 1 aromatic carbocycles. The normalized spacial score (nSPS) is 15.0. The molecule has 2 aromatic heterocycles. The van der Waals surface area contributed by atoms with Crippen molar-refractivity contribution in [3.63, 3.8) is 0 Å². The highest BCUT2D eigenvalue weighted by Gasteiger charge is 2.32. The van der Waals surface area contributed by atoms with Gasteiger partial charge in [0.25, 0.3) is 0 Å². The van der Waals surface area contributed by atoms with Crippen LogP contribution in [0, 0.1) is 0 Å². The number of para-hydroxylation sites is 1. The summed E-state index contributed by atoms with van der Waals surface area (Å²) in [5.74, 6) is 0.409. The van der Waals surface area contributed by atoms with Crippen LogP contribution in [0.3, 0.4) is 0 Å². The Morgan fingerprint density at radius 3 is 2.61 bits per heavy atom. The first-order valence-electron chi connectivity index (χ1n) is 10.1. The number of benzene rings is 1. The number of pyridine rings is 1. The van der Waals surface area contributed by atoms with Gasteiger partial charge in [0.15, 0.2) is 0 Å². The lowest BCUT2D eigenvalue weighted by Gasteiger charge is -2.36. The average molecular weight is 451 g/mol. The third kappa shape index (κ3) is 4.79. The minimum atomic E-state index is -4.48. The fourth-order valence-corrected chi connectivity index (χ4v) is 4.20. The van der Waals surface area contributed by atoms with Gasteiger partial charge in [-0.1, -0.05) is 29.8 Å². The lowest BCUT2D eigenvalue weighted by Crippen LogP contribution is -2.49. The molecule has 0 unspecified atom stereocenters. The molecule has 0 aliphatic carbocycles. The van der Waals surface area contributed by atoms with Gasteiger partial charge >= 0.3 is 6.18 Å². The highest BCUT2D eigenvalue weighted by atomic mass is 35.5. The number of aromatic nitrogens is 2. The Hall–Kier alpha value is -2.74. The second kappa shape index (κ2) is 8.78. The fourth-order valence-electron chi connectivity index (χ4n) is 3.91. The number of anilines is 1. The van der Waals surface area contributed by atoms with Crippen molar-refractivity contribution in [3.8, 4) is 0 Å². The number of aryl methyl sites for hydroxylation is 1. The fraction of sp³-hybridized carbons (Fsp3) is 0.364. The number of hydrogen-bond acceptors (Lipinski definition) is 3. The summed E-state index contributed by atoms with van der Waals surface area (Å²) in [6.45, 7) is 1.94. The summed E-state index contributed by atoms with van der Waals surface area (Å²) in [5.41, 5.74) is 1.43. The van der Waals surface area contributed by atoms with Gasteiger partial charge in [-0.25, -0.2) is 4.98 Å². The van der Waals surface area contributed by atoms with E-state index in [4.69, 9.17) is 11.6 Å². The zero-order valence-electron chi connectivity index (χ0n) is 16.8. The Labute approximate surface area is 182 Å². The summed E-state index contributed by atoms with van der Waals surface area (Å²) >= 11 is 6.04. The van der Waals surface area contributed by atoms with E-state index >= 15 is 0 Å². The third-order valence-corrected chi connectivity index (χ3v) is 5.87. The molecule has 1 amide bonds. The summed E-state index contributed by atoms with van der Waals surface area (Å²) in [7, 11) is 0. The number of alkyl halides is 3. The molecule has 1 aliphatic heterocycles. The number of fused-ring (bicyclic) bond motifs is 1. The molecule has 164 valence electrons. The molecule has 0 radical (unpaired) electrons. The molecule has 5 nitrogen and oxygen atoms in total. The van der Waals surface area contributed by atoms with E-state index in [9.17, 15) is 18.0 Å². The van der Waals surface area contributed by atoms with Crippen LogP contribution in [-0.2, 0) is 17.4 Å². The number of carbonyl (C=O) groups is 1. The number of aromatic amines is 1. The molecule has 0 atom stereocenters. The number of piperazine rings is 1. The lowest BCUT2D eigenvalue weighted by atomic mass is 10.1. The van der Waals surface area contributed by atoms with Crippen molar-refractivity contribution in [3.05, 3.63) is 58.9 Å². The maximum Gasteiger partial charge on any atom is 0.417 e. The highest BCUT2D eigenvalue weighted by Crippen LogP contribution is 2.33. The van der Waals surface area contributed by atoms with Crippen molar-refractivity contribution >= 4 is 34.2 Å². The molecule has 1 aliphatic rings. The zero-order chi connectivity index (χ0) is 22.0. The average Bonchev–Trinajstić information content (AvgIpc) is 3.16. The van der Waals surface area contributed by atoms with E-state index in [0.29, 0.717) is 38.4 Å². The molecule has 9 heteroatoms. The number of nitrogens with zero attached hydrogens (tertiary/aromatic N) is 3. The first kappa shape index (κ1) is 21.5. The Balaban J connectivity index is 1.28. The Kier molecular flexibility index (Phi) is 6.09. The minimum Gasteiger partial charge on any atom is -0.361 e.